The van der Waals surface area contributed by atoms with E-state index in [0.29, 0.717) is 17.3 Å². The van der Waals surface area contributed by atoms with Crippen molar-refractivity contribution in [2.45, 2.75) is 0 Å². The fraction of sp³-hybridized carbons (Fsp3) is 0.0909. The molecular formula is C11H8N2O3. The van der Waals surface area contributed by atoms with Gasteiger partial charge in [0.1, 0.15) is 5.82 Å². The maximum atomic E-state index is 11.1. The lowest BCUT2D eigenvalue weighted by Crippen LogP contribution is -2.05. The van der Waals surface area contributed by atoms with Crippen LogP contribution in [0, 0.1) is 0 Å². The summed E-state index contributed by atoms with van der Waals surface area (Å²) >= 11 is 0. The van der Waals surface area contributed by atoms with Crippen LogP contribution in [0.2, 0.25) is 0 Å². The molecule has 0 unspecified atom stereocenters. The summed E-state index contributed by atoms with van der Waals surface area (Å²) in [6, 6.07) is 6.79. The van der Waals surface area contributed by atoms with Crippen LogP contribution in [-0.4, -0.2) is 16.8 Å². The van der Waals surface area contributed by atoms with Crippen molar-refractivity contribution in [1.82, 2.24) is 9.97 Å². The highest BCUT2D eigenvalue weighted by Gasteiger charge is 2.14. The smallest absolute Gasteiger partial charge is 0.251 e. The Kier molecular flexibility index (Phi) is 1.89. The normalized spacial score (nSPS) is 12.8. The van der Waals surface area contributed by atoms with Crippen LogP contribution in [-0.2, 0) is 0 Å². The Hall–Kier alpha value is -2.30. The summed E-state index contributed by atoms with van der Waals surface area (Å²) in [5, 5.41) is 0. The number of ether oxygens (including phenoxy) is 2. The Morgan fingerprint density at radius 3 is 2.94 bits per heavy atom. The molecule has 5 heteroatoms. The van der Waals surface area contributed by atoms with Gasteiger partial charge in [0.15, 0.2) is 11.5 Å². The van der Waals surface area contributed by atoms with Crippen molar-refractivity contribution in [1.29, 1.82) is 0 Å². The van der Waals surface area contributed by atoms with Crippen molar-refractivity contribution in [2.24, 2.45) is 0 Å². The lowest BCUT2D eigenvalue weighted by atomic mass is 10.2. The van der Waals surface area contributed by atoms with Crippen LogP contribution in [0.1, 0.15) is 0 Å². The third kappa shape index (κ3) is 1.42. The summed E-state index contributed by atoms with van der Waals surface area (Å²) in [7, 11) is 0. The maximum Gasteiger partial charge on any atom is 0.251 e. The van der Waals surface area contributed by atoms with Gasteiger partial charge in [-0.15, -0.1) is 0 Å². The average Bonchev–Trinajstić information content (AvgIpc) is 2.75. The zero-order valence-electron chi connectivity index (χ0n) is 8.27. The quantitative estimate of drug-likeness (QED) is 0.777. The molecule has 80 valence electrons. The second kappa shape index (κ2) is 3.37. The molecule has 2 aromatic rings. The van der Waals surface area contributed by atoms with Gasteiger partial charge in [-0.25, -0.2) is 4.98 Å². The van der Waals surface area contributed by atoms with Gasteiger partial charge in [0.25, 0.3) is 5.56 Å². The van der Waals surface area contributed by atoms with Crippen molar-refractivity contribution in [3.8, 4) is 22.9 Å². The van der Waals surface area contributed by atoms with Crippen LogP contribution in [0.4, 0.5) is 0 Å². The fourth-order valence-corrected chi connectivity index (χ4v) is 1.56. The molecule has 1 aromatic heterocycles. The van der Waals surface area contributed by atoms with E-state index in [-0.39, 0.29) is 12.4 Å². The van der Waals surface area contributed by atoms with Crippen molar-refractivity contribution >= 4 is 0 Å². The molecule has 0 atom stereocenters. The van der Waals surface area contributed by atoms with Crippen molar-refractivity contribution in [3.05, 3.63) is 40.8 Å². The van der Waals surface area contributed by atoms with Gasteiger partial charge in [0.2, 0.25) is 6.79 Å². The van der Waals surface area contributed by atoms with E-state index in [1.54, 1.807) is 12.1 Å². The zero-order valence-corrected chi connectivity index (χ0v) is 8.27. The van der Waals surface area contributed by atoms with E-state index in [9.17, 15) is 4.79 Å². The van der Waals surface area contributed by atoms with Gasteiger partial charge in [-0.2, -0.15) is 0 Å². The minimum atomic E-state index is -0.178. The molecule has 0 fully saturated rings. The zero-order chi connectivity index (χ0) is 11.0. The Morgan fingerprint density at radius 1 is 1.19 bits per heavy atom. The number of nitrogens with zero attached hydrogens (tertiary/aromatic N) is 1. The highest BCUT2D eigenvalue weighted by molar-refractivity contribution is 5.61. The third-order valence-electron chi connectivity index (χ3n) is 2.32. The monoisotopic (exact) mass is 216 g/mol. The molecule has 0 saturated carbocycles. The van der Waals surface area contributed by atoms with E-state index in [4.69, 9.17) is 9.47 Å². The first-order valence-electron chi connectivity index (χ1n) is 4.78. The largest absolute Gasteiger partial charge is 0.454 e. The van der Waals surface area contributed by atoms with Gasteiger partial charge in [-0.05, 0) is 18.2 Å². The average molecular weight is 216 g/mol. The van der Waals surface area contributed by atoms with Gasteiger partial charge < -0.3 is 14.5 Å². The van der Waals surface area contributed by atoms with Crippen LogP contribution < -0.4 is 15.0 Å². The van der Waals surface area contributed by atoms with Gasteiger partial charge in [-0.3, -0.25) is 4.79 Å². The first kappa shape index (κ1) is 8.96. The standard InChI is InChI=1S/C11H8N2O3/c14-10-3-4-12-11(13-10)7-1-2-8-9(5-7)16-6-15-8/h1-5H,6H2,(H,12,13,14). The molecule has 1 aliphatic rings. The fourth-order valence-electron chi connectivity index (χ4n) is 1.56. The van der Waals surface area contributed by atoms with Gasteiger partial charge in [0, 0.05) is 17.8 Å². The van der Waals surface area contributed by atoms with E-state index in [1.165, 1.54) is 12.3 Å². The van der Waals surface area contributed by atoms with Gasteiger partial charge >= 0.3 is 0 Å². The minimum Gasteiger partial charge on any atom is -0.454 e. The van der Waals surface area contributed by atoms with E-state index < -0.39 is 0 Å². The Morgan fingerprint density at radius 2 is 2.06 bits per heavy atom. The van der Waals surface area contributed by atoms with E-state index in [0.717, 1.165) is 5.56 Å². The first-order chi connectivity index (χ1) is 7.83. The molecule has 1 N–H and O–H groups in total. The van der Waals surface area contributed by atoms with E-state index in [1.807, 2.05) is 6.07 Å². The molecule has 0 bridgehead atoms. The Labute approximate surface area is 90.7 Å². The van der Waals surface area contributed by atoms with Gasteiger partial charge in [0.05, 0.1) is 0 Å². The number of benzene rings is 1. The molecule has 5 nitrogen and oxygen atoms in total. The molecule has 1 aliphatic heterocycles. The number of aromatic nitrogens is 2. The van der Waals surface area contributed by atoms with Crippen molar-refractivity contribution in [2.75, 3.05) is 6.79 Å². The molecule has 3 rings (SSSR count). The SMILES string of the molecule is O=c1ccnc(-c2ccc3c(c2)OCO3)[nH]1. The maximum absolute atomic E-state index is 11.1. The lowest BCUT2D eigenvalue weighted by Gasteiger charge is -2.01. The number of rotatable bonds is 1. The van der Waals surface area contributed by atoms with Crippen molar-refractivity contribution in [3.63, 3.8) is 0 Å². The number of nitrogens with one attached hydrogen (secondary N) is 1. The first-order valence-corrected chi connectivity index (χ1v) is 4.78. The second-order valence-corrected chi connectivity index (χ2v) is 3.35. The topological polar surface area (TPSA) is 64.2 Å². The summed E-state index contributed by atoms with van der Waals surface area (Å²) < 4.78 is 10.4. The Balaban J connectivity index is 2.10. The van der Waals surface area contributed by atoms with Crippen molar-refractivity contribution < 1.29 is 9.47 Å². The van der Waals surface area contributed by atoms with Crippen LogP contribution in [0.5, 0.6) is 11.5 Å². The molecule has 0 saturated heterocycles. The number of aromatic amines is 1. The summed E-state index contributed by atoms with van der Waals surface area (Å²) in [5.74, 6) is 1.90. The summed E-state index contributed by atoms with van der Waals surface area (Å²) in [6.45, 7) is 0.234. The lowest BCUT2D eigenvalue weighted by molar-refractivity contribution is 0.174. The molecule has 16 heavy (non-hydrogen) atoms. The third-order valence-corrected chi connectivity index (χ3v) is 2.32. The molecule has 0 amide bonds. The number of fused-ring (bicyclic) bond motifs is 1. The molecule has 0 spiro atoms. The van der Waals surface area contributed by atoms with Crippen LogP contribution in [0.15, 0.2) is 35.3 Å². The Bertz CT molecular complexity index is 592. The second-order valence-electron chi connectivity index (χ2n) is 3.35. The van der Waals surface area contributed by atoms with Crippen LogP contribution >= 0.6 is 0 Å². The van der Waals surface area contributed by atoms with Crippen LogP contribution in [0.25, 0.3) is 11.4 Å². The summed E-state index contributed by atoms with van der Waals surface area (Å²) in [6.07, 6.45) is 1.47. The summed E-state index contributed by atoms with van der Waals surface area (Å²) in [5.41, 5.74) is 0.615. The highest BCUT2D eigenvalue weighted by atomic mass is 16.7. The van der Waals surface area contributed by atoms with E-state index in [2.05, 4.69) is 9.97 Å². The molecule has 2 heterocycles. The number of hydrogen-bond donors (Lipinski definition) is 1. The minimum absolute atomic E-state index is 0.178. The molecule has 0 radical (unpaired) electrons. The molecular weight excluding hydrogens is 208 g/mol. The van der Waals surface area contributed by atoms with Gasteiger partial charge in [-0.1, -0.05) is 0 Å². The van der Waals surface area contributed by atoms with E-state index >= 15 is 0 Å². The highest BCUT2D eigenvalue weighted by Crippen LogP contribution is 2.34. The number of hydrogen-bond acceptors (Lipinski definition) is 4. The summed E-state index contributed by atoms with van der Waals surface area (Å²) in [4.78, 5) is 17.9. The molecule has 0 aliphatic carbocycles. The number of H-pyrrole nitrogens is 1. The predicted molar refractivity (Wildman–Crippen MR) is 56.4 cm³/mol. The van der Waals surface area contributed by atoms with Crippen LogP contribution in [0.3, 0.4) is 0 Å². The predicted octanol–water partition coefficient (Wildman–Crippen LogP) is 1.17. The molecule has 1 aromatic carbocycles.